The van der Waals surface area contributed by atoms with E-state index in [0.29, 0.717) is 22.7 Å². The first-order chi connectivity index (χ1) is 21.2. The van der Waals surface area contributed by atoms with E-state index in [0.717, 1.165) is 26.5 Å². The van der Waals surface area contributed by atoms with Crippen molar-refractivity contribution >= 4 is 50.2 Å². The number of aliphatic hydroxyl groups excluding tert-OH is 1. The zero-order valence-electron chi connectivity index (χ0n) is 24.6. The van der Waals surface area contributed by atoms with Crippen LogP contribution in [0.5, 0.6) is 11.5 Å². The van der Waals surface area contributed by atoms with Crippen LogP contribution in [0.25, 0.3) is 10.9 Å². The van der Waals surface area contributed by atoms with E-state index in [4.69, 9.17) is 9.47 Å². The first kappa shape index (κ1) is 29.7. The Labute approximate surface area is 263 Å². The summed E-state index contributed by atoms with van der Waals surface area (Å²) >= 11 is 3.58. The molecule has 0 spiro atoms. The van der Waals surface area contributed by atoms with Gasteiger partial charge in [0.15, 0.2) is 11.5 Å². The molecule has 3 amide bonds. The normalized spacial score (nSPS) is 19.7. The molecule has 0 saturated carbocycles. The number of para-hydroxylation sites is 1. The molecule has 4 aromatic rings. The molecule has 3 unspecified atom stereocenters. The van der Waals surface area contributed by atoms with Gasteiger partial charge >= 0.3 is 0 Å². The quantitative estimate of drug-likeness (QED) is 0.312. The predicted octanol–water partition coefficient (Wildman–Crippen LogP) is 3.81. The van der Waals surface area contributed by atoms with Crippen molar-refractivity contribution < 1.29 is 29.0 Å². The van der Waals surface area contributed by atoms with E-state index in [9.17, 15) is 19.5 Å². The van der Waals surface area contributed by atoms with E-state index in [-0.39, 0.29) is 37.7 Å². The summed E-state index contributed by atoms with van der Waals surface area (Å²) in [5, 5.41) is 14.3. The fraction of sp³-hybridized carbons (Fsp3) is 0.303. The maximum atomic E-state index is 14.0. The Hall–Kier alpha value is -4.35. The lowest BCUT2D eigenvalue weighted by molar-refractivity contribution is -0.130. The summed E-state index contributed by atoms with van der Waals surface area (Å²) in [6.45, 7) is 0.273. The summed E-state index contributed by atoms with van der Waals surface area (Å²) in [6.07, 6.45) is 1.18. The molecule has 1 aromatic heterocycles. The van der Waals surface area contributed by atoms with Crippen molar-refractivity contribution in [3.05, 3.63) is 88.0 Å². The fourth-order valence-electron chi connectivity index (χ4n) is 6.23. The number of nitrogens with one attached hydrogen (secondary N) is 1. The average Bonchev–Trinajstić information content (AvgIpc) is 3.59. The van der Waals surface area contributed by atoms with Crippen LogP contribution in [-0.2, 0) is 29.6 Å². The molecular formula is C33H33BrN4O6. The number of halogens is 1. The molecule has 3 heterocycles. The minimum absolute atomic E-state index is 0.0206. The van der Waals surface area contributed by atoms with E-state index in [2.05, 4.69) is 21.2 Å². The van der Waals surface area contributed by atoms with Crippen LogP contribution in [0.3, 0.4) is 0 Å². The molecule has 3 aromatic carbocycles. The summed E-state index contributed by atoms with van der Waals surface area (Å²) in [7, 11) is 4.94. The van der Waals surface area contributed by atoms with Crippen LogP contribution in [0.15, 0.2) is 71.3 Å². The maximum Gasteiger partial charge on any atom is 0.256 e. The first-order valence-corrected chi connectivity index (χ1v) is 15.1. The topological polar surface area (TPSA) is 113 Å². The fourth-order valence-corrected chi connectivity index (χ4v) is 6.64. The van der Waals surface area contributed by atoms with Crippen molar-refractivity contribution in [1.82, 2.24) is 14.8 Å². The third-order valence-electron chi connectivity index (χ3n) is 8.44. The largest absolute Gasteiger partial charge is 0.493 e. The molecule has 1 fully saturated rings. The number of nitrogens with zero attached hydrogens (tertiary/aromatic N) is 3. The van der Waals surface area contributed by atoms with Crippen molar-refractivity contribution in [3.63, 3.8) is 0 Å². The maximum absolute atomic E-state index is 14.0. The number of hydrogen-bond acceptors (Lipinski definition) is 6. The molecule has 11 heteroatoms. The second-order valence-electron chi connectivity index (χ2n) is 11.2. The smallest absolute Gasteiger partial charge is 0.256 e. The molecule has 2 N–H and O–H groups in total. The van der Waals surface area contributed by atoms with Crippen molar-refractivity contribution in [2.45, 2.75) is 37.6 Å². The van der Waals surface area contributed by atoms with E-state index in [1.807, 2.05) is 66.2 Å². The Morgan fingerprint density at radius 1 is 1.05 bits per heavy atom. The SMILES string of the molecule is COc1cc2c(cc1OC)N(Cc1ccccc1Br)C(=O)C(NC(=O)C1CC(O)CN1C(=O)c1cn(C)c3ccccc13)C2. The van der Waals surface area contributed by atoms with Gasteiger partial charge in [-0.2, -0.15) is 0 Å². The third-order valence-corrected chi connectivity index (χ3v) is 9.21. The molecular weight excluding hydrogens is 628 g/mol. The molecule has 228 valence electrons. The predicted molar refractivity (Wildman–Crippen MR) is 169 cm³/mol. The summed E-state index contributed by atoms with van der Waals surface area (Å²) in [5.74, 6) is -0.123. The summed E-state index contributed by atoms with van der Waals surface area (Å²) in [4.78, 5) is 44.7. The summed E-state index contributed by atoms with van der Waals surface area (Å²) in [5.41, 5.74) is 3.70. The van der Waals surface area contributed by atoms with Crippen LogP contribution in [-0.4, -0.2) is 71.2 Å². The number of fused-ring (bicyclic) bond motifs is 2. The molecule has 6 rings (SSSR count). The van der Waals surface area contributed by atoms with Gasteiger partial charge in [0.2, 0.25) is 11.8 Å². The van der Waals surface area contributed by atoms with E-state index in [1.165, 1.54) is 12.0 Å². The van der Waals surface area contributed by atoms with Gasteiger partial charge in [-0.05, 0) is 29.3 Å². The highest BCUT2D eigenvalue weighted by atomic mass is 79.9. The van der Waals surface area contributed by atoms with Crippen molar-refractivity contribution in [2.24, 2.45) is 7.05 Å². The number of hydrogen-bond donors (Lipinski definition) is 2. The zero-order valence-corrected chi connectivity index (χ0v) is 26.2. The minimum atomic E-state index is -0.937. The third kappa shape index (κ3) is 5.30. The van der Waals surface area contributed by atoms with E-state index < -0.39 is 24.1 Å². The van der Waals surface area contributed by atoms with Gasteiger partial charge in [0.25, 0.3) is 5.91 Å². The number of aliphatic hydroxyl groups is 1. The highest BCUT2D eigenvalue weighted by Crippen LogP contribution is 2.39. The van der Waals surface area contributed by atoms with Gasteiger partial charge in [0, 0.05) is 54.1 Å². The van der Waals surface area contributed by atoms with Crippen LogP contribution in [0.4, 0.5) is 5.69 Å². The van der Waals surface area contributed by atoms with Gasteiger partial charge in [0.1, 0.15) is 12.1 Å². The Morgan fingerprint density at radius 2 is 1.75 bits per heavy atom. The Kier molecular flexibility index (Phi) is 8.08. The summed E-state index contributed by atoms with van der Waals surface area (Å²) < 4.78 is 13.8. The van der Waals surface area contributed by atoms with Gasteiger partial charge in [-0.3, -0.25) is 14.4 Å². The average molecular weight is 662 g/mol. The van der Waals surface area contributed by atoms with Crippen LogP contribution in [0.2, 0.25) is 0 Å². The number of ether oxygens (including phenoxy) is 2. The Morgan fingerprint density at radius 3 is 2.50 bits per heavy atom. The number of β-amino-alcohol motifs (C(OH)–C–C–N with tert-alkyl or cyclic N) is 1. The zero-order chi connectivity index (χ0) is 31.1. The lowest BCUT2D eigenvalue weighted by Gasteiger charge is -2.36. The highest BCUT2D eigenvalue weighted by molar-refractivity contribution is 9.10. The number of benzene rings is 3. The first-order valence-electron chi connectivity index (χ1n) is 14.3. The highest BCUT2D eigenvalue weighted by Gasteiger charge is 2.42. The van der Waals surface area contributed by atoms with E-state index in [1.54, 1.807) is 24.3 Å². The standard InChI is InChI=1S/C33H33BrN4O6/c1-36-18-23(22-9-5-7-11-26(22)36)32(41)38-17-21(39)14-28(38)31(40)35-25-12-20-13-29(43-2)30(44-3)15-27(20)37(33(25)42)16-19-8-4-6-10-24(19)34/h4-11,13,15,18,21,25,28,39H,12,14,16-17H2,1-3H3,(H,35,40). The number of carbonyl (C=O) groups excluding carboxylic acids is 3. The second kappa shape index (κ2) is 12.0. The van der Waals surface area contributed by atoms with Crippen LogP contribution >= 0.6 is 15.9 Å². The lowest BCUT2D eigenvalue weighted by Crippen LogP contribution is -2.56. The molecule has 0 bridgehead atoms. The van der Waals surface area contributed by atoms with Gasteiger partial charge in [-0.1, -0.05) is 52.3 Å². The van der Waals surface area contributed by atoms with Crippen LogP contribution in [0.1, 0.15) is 27.9 Å². The second-order valence-corrected chi connectivity index (χ2v) is 12.0. The Bertz CT molecular complexity index is 1770. The minimum Gasteiger partial charge on any atom is -0.493 e. The summed E-state index contributed by atoms with van der Waals surface area (Å²) in [6, 6.07) is 16.9. The van der Waals surface area contributed by atoms with Gasteiger partial charge in [0.05, 0.1) is 38.1 Å². The molecule has 0 aliphatic carbocycles. The van der Waals surface area contributed by atoms with Crippen molar-refractivity contribution in [2.75, 3.05) is 25.7 Å². The number of aromatic nitrogens is 1. The number of likely N-dealkylation sites (tertiary alicyclic amines) is 1. The van der Waals surface area contributed by atoms with Crippen LogP contribution < -0.4 is 19.7 Å². The Balaban J connectivity index is 1.30. The molecule has 0 radical (unpaired) electrons. The number of carbonyl (C=O) groups is 3. The number of anilines is 1. The molecule has 44 heavy (non-hydrogen) atoms. The molecule has 2 aliphatic heterocycles. The molecule has 1 saturated heterocycles. The van der Waals surface area contributed by atoms with Gasteiger partial charge in [-0.25, -0.2) is 0 Å². The number of rotatable bonds is 7. The van der Waals surface area contributed by atoms with Crippen molar-refractivity contribution in [3.8, 4) is 11.5 Å². The monoisotopic (exact) mass is 660 g/mol. The van der Waals surface area contributed by atoms with E-state index >= 15 is 0 Å². The molecule has 2 aliphatic rings. The van der Waals surface area contributed by atoms with Gasteiger partial charge < -0.3 is 34.3 Å². The molecule has 3 atom stereocenters. The van der Waals surface area contributed by atoms with Crippen molar-refractivity contribution in [1.29, 1.82) is 0 Å². The number of amides is 3. The van der Waals surface area contributed by atoms with Gasteiger partial charge in [-0.15, -0.1) is 0 Å². The van der Waals surface area contributed by atoms with Crippen LogP contribution in [0, 0.1) is 0 Å². The number of methoxy groups -OCH3 is 2. The lowest BCUT2D eigenvalue weighted by atomic mass is 9.95. The number of aryl methyl sites for hydroxylation is 1. The molecule has 10 nitrogen and oxygen atoms in total.